The summed E-state index contributed by atoms with van der Waals surface area (Å²) < 4.78 is 16.1. The van der Waals surface area contributed by atoms with Gasteiger partial charge >= 0.3 is 6.09 Å². The quantitative estimate of drug-likeness (QED) is 0.830. The molecule has 136 valence electrons. The predicted octanol–water partition coefficient (Wildman–Crippen LogP) is 3.30. The first kappa shape index (κ1) is 17.7. The molecule has 1 aliphatic heterocycles. The molecule has 0 N–H and O–H groups in total. The third-order valence-corrected chi connectivity index (χ3v) is 3.30. The minimum atomic E-state index is -0.532. The van der Waals surface area contributed by atoms with E-state index < -0.39 is 11.7 Å². The van der Waals surface area contributed by atoms with Gasteiger partial charge in [-0.25, -0.2) is 4.79 Å². The maximum absolute atomic E-state index is 12.0. The molecule has 0 aromatic carbocycles. The average molecular weight is 356 g/mol. The predicted molar refractivity (Wildman–Crippen MR) is 92.5 cm³/mol. The molecule has 0 spiro atoms. The zero-order chi connectivity index (χ0) is 18.6. The molecule has 0 aliphatic carbocycles. The Kier molecular flexibility index (Phi) is 5.01. The van der Waals surface area contributed by atoms with E-state index in [1.807, 2.05) is 20.8 Å². The highest BCUT2D eigenvalue weighted by Gasteiger charge is 2.21. The lowest BCUT2D eigenvalue weighted by molar-refractivity contribution is 0.0345. The van der Waals surface area contributed by atoms with Gasteiger partial charge in [0, 0.05) is 24.2 Å². The van der Waals surface area contributed by atoms with Crippen molar-refractivity contribution in [3.8, 4) is 11.4 Å². The van der Waals surface area contributed by atoms with Crippen molar-refractivity contribution in [2.24, 2.45) is 0 Å². The van der Waals surface area contributed by atoms with E-state index in [1.54, 1.807) is 42.9 Å². The highest BCUT2D eigenvalue weighted by Crippen LogP contribution is 2.17. The summed E-state index contributed by atoms with van der Waals surface area (Å²) >= 11 is 0. The van der Waals surface area contributed by atoms with Crippen LogP contribution in [-0.4, -0.2) is 38.3 Å². The average Bonchev–Trinajstić information content (AvgIpc) is 3.09. The van der Waals surface area contributed by atoms with Crippen molar-refractivity contribution in [3.63, 3.8) is 0 Å². The number of pyridine rings is 1. The molecule has 2 aromatic rings. The van der Waals surface area contributed by atoms with Crippen LogP contribution in [0.4, 0.5) is 4.79 Å². The Bertz CT molecular complexity index is 821. The molecule has 8 nitrogen and oxygen atoms in total. The summed E-state index contributed by atoms with van der Waals surface area (Å²) in [6, 6.07) is 3.60. The summed E-state index contributed by atoms with van der Waals surface area (Å²) in [5.74, 6) is 1.46. The standard InChI is InChI=1S/C18H20N4O4/c1-18(2,3)25-17(23)22-10-6-14(7-11-22)24-12-15-20-16(21-26-15)13-4-8-19-9-5-13/h4-10H,11-12H2,1-3H3. The second-order valence-electron chi connectivity index (χ2n) is 6.59. The van der Waals surface area contributed by atoms with Gasteiger partial charge < -0.3 is 14.0 Å². The Labute approximate surface area is 151 Å². The SMILES string of the molecule is CC(C)(C)OC(=O)N1C=CC(OCc2nc(-c3ccncc3)no2)=CC1. The summed E-state index contributed by atoms with van der Waals surface area (Å²) in [6.45, 7) is 5.99. The summed E-state index contributed by atoms with van der Waals surface area (Å²) in [6.07, 6.45) is 8.02. The van der Waals surface area contributed by atoms with Gasteiger partial charge in [0.1, 0.15) is 11.4 Å². The monoisotopic (exact) mass is 356 g/mol. The van der Waals surface area contributed by atoms with E-state index in [9.17, 15) is 4.79 Å². The van der Waals surface area contributed by atoms with Crippen molar-refractivity contribution in [2.75, 3.05) is 6.54 Å². The van der Waals surface area contributed by atoms with E-state index >= 15 is 0 Å². The number of hydrogen-bond donors (Lipinski definition) is 0. The lowest BCUT2D eigenvalue weighted by Gasteiger charge is -2.26. The second kappa shape index (κ2) is 7.38. The fourth-order valence-corrected chi connectivity index (χ4v) is 2.12. The smallest absolute Gasteiger partial charge is 0.414 e. The van der Waals surface area contributed by atoms with Crippen LogP contribution in [0.1, 0.15) is 26.7 Å². The first-order chi connectivity index (χ1) is 12.4. The Morgan fingerprint density at radius 2 is 2.08 bits per heavy atom. The number of hydrogen-bond acceptors (Lipinski definition) is 7. The number of allylic oxidation sites excluding steroid dienone is 1. The Hall–Kier alpha value is -3.16. The summed E-state index contributed by atoms with van der Waals surface area (Å²) in [7, 11) is 0. The molecule has 3 rings (SSSR count). The highest BCUT2D eigenvalue weighted by atomic mass is 16.6. The van der Waals surface area contributed by atoms with Crippen LogP contribution < -0.4 is 0 Å². The van der Waals surface area contributed by atoms with Crippen LogP contribution in [0, 0.1) is 0 Å². The first-order valence-corrected chi connectivity index (χ1v) is 8.14. The zero-order valence-electron chi connectivity index (χ0n) is 14.9. The largest absolute Gasteiger partial charge is 0.484 e. The molecule has 0 bridgehead atoms. The van der Waals surface area contributed by atoms with Gasteiger partial charge in [-0.1, -0.05) is 5.16 Å². The van der Waals surface area contributed by atoms with Crippen LogP contribution in [0.25, 0.3) is 11.4 Å². The fourth-order valence-electron chi connectivity index (χ4n) is 2.12. The van der Waals surface area contributed by atoms with Gasteiger partial charge in [-0.2, -0.15) is 4.98 Å². The van der Waals surface area contributed by atoms with Crippen molar-refractivity contribution in [3.05, 3.63) is 54.5 Å². The van der Waals surface area contributed by atoms with Crippen LogP contribution in [0.2, 0.25) is 0 Å². The van der Waals surface area contributed by atoms with Gasteiger partial charge in [0.25, 0.3) is 5.89 Å². The van der Waals surface area contributed by atoms with Crippen molar-refractivity contribution in [1.29, 1.82) is 0 Å². The number of carbonyl (C=O) groups is 1. The molecule has 2 aromatic heterocycles. The molecule has 0 saturated heterocycles. The summed E-state index contributed by atoms with van der Waals surface area (Å²) in [4.78, 5) is 21.7. The molecular formula is C18H20N4O4. The lowest BCUT2D eigenvalue weighted by Crippen LogP contribution is -2.34. The number of amides is 1. The minimum Gasteiger partial charge on any atom is -0.484 e. The number of carbonyl (C=O) groups excluding carboxylic acids is 1. The molecule has 26 heavy (non-hydrogen) atoms. The number of rotatable bonds is 4. The summed E-state index contributed by atoms with van der Waals surface area (Å²) in [5.41, 5.74) is 0.287. The maximum Gasteiger partial charge on any atom is 0.414 e. The van der Waals surface area contributed by atoms with Crippen LogP contribution in [0.3, 0.4) is 0 Å². The Morgan fingerprint density at radius 1 is 1.31 bits per heavy atom. The van der Waals surface area contributed by atoms with Crippen LogP contribution >= 0.6 is 0 Å². The van der Waals surface area contributed by atoms with Crippen molar-refractivity contribution in [1.82, 2.24) is 20.0 Å². The van der Waals surface area contributed by atoms with Gasteiger partial charge in [-0.15, -0.1) is 0 Å². The van der Waals surface area contributed by atoms with Gasteiger partial charge in [0.05, 0.1) is 6.54 Å². The van der Waals surface area contributed by atoms with Gasteiger partial charge in [-0.3, -0.25) is 9.88 Å². The van der Waals surface area contributed by atoms with Gasteiger partial charge in [-0.05, 0) is 45.1 Å². The summed E-state index contributed by atoms with van der Waals surface area (Å²) in [5, 5.41) is 3.92. The molecule has 0 saturated carbocycles. The fraction of sp³-hybridized carbons (Fsp3) is 0.333. The third-order valence-electron chi connectivity index (χ3n) is 3.30. The van der Waals surface area contributed by atoms with Gasteiger partial charge in [0.2, 0.25) is 5.82 Å². The van der Waals surface area contributed by atoms with Crippen molar-refractivity contribution < 1.29 is 18.8 Å². The second-order valence-corrected chi connectivity index (χ2v) is 6.59. The minimum absolute atomic E-state index is 0.140. The molecule has 0 fully saturated rings. The molecule has 0 radical (unpaired) electrons. The number of aromatic nitrogens is 3. The van der Waals surface area contributed by atoms with Crippen LogP contribution in [0.15, 0.2) is 53.2 Å². The first-order valence-electron chi connectivity index (χ1n) is 8.14. The molecular weight excluding hydrogens is 336 g/mol. The van der Waals surface area contributed by atoms with E-state index in [1.165, 1.54) is 4.90 Å². The Morgan fingerprint density at radius 3 is 2.73 bits per heavy atom. The molecule has 1 amide bonds. The topological polar surface area (TPSA) is 90.6 Å². The highest BCUT2D eigenvalue weighted by molar-refractivity contribution is 5.70. The maximum atomic E-state index is 12.0. The van der Waals surface area contributed by atoms with Crippen LogP contribution in [0.5, 0.6) is 0 Å². The van der Waals surface area contributed by atoms with Gasteiger partial charge in [0.15, 0.2) is 6.61 Å². The molecule has 0 atom stereocenters. The normalized spacial score (nSPS) is 14.1. The third kappa shape index (κ3) is 4.69. The zero-order valence-corrected chi connectivity index (χ0v) is 14.9. The number of nitrogens with zero attached hydrogens (tertiary/aromatic N) is 4. The van der Waals surface area contributed by atoms with E-state index in [4.69, 9.17) is 14.0 Å². The molecule has 1 aliphatic rings. The van der Waals surface area contributed by atoms with E-state index in [-0.39, 0.29) is 6.61 Å². The van der Waals surface area contributed by atoms with Crippen LogP contribution in [-0.2, 0) is 16.1 Å². The van der Waals surface area contributed by atoms with E-state index in [0.29, 0.717) is 24.0 Å². The Balaban J connectivity index is 1.52. The molecule has 0 unspecified atom stereocenters. The number of ether oxygens (including phenoxy) is 2. The van der Waals surface area contributed by atoms with E-state index in [0.717, 1.165) is 5.56 Å². The molecule has 3 heterocycles. The molecule has 8 heteroatoms. The lowest BCUT2D eigenvalue weighted by atomic mass is 10.2. The van der Waals surface area contributed by atoms with Crippen molar-refractivity contribution in [2.45, 2.75) is 33.0 Å². The van der Waals surface area contributed by atoms with E-state index in [2.05, 4.69) is 15.1 Å². The van der Waals surface area contributed by atoms with Crippen molar-refractivity contribution >= 4 is 6.09 Å².